The number of anilines is 1. The fraction of sp³-hybridized carbons (Fsp3) is 0.316. The summed E-state index contributed by atoms with van der Waals surface area (Å²) in [5, 5.41) is 2.64. The summed E-state index contributed by atoms with van der Waals surface area (Å²) in [6.07, 6.45) is -4.40. The molecule has 1 unspecified atom stereocenters. The van der Waals surface area contributed by atoms with Gasteiger partial charge in [-0.1, -0.05) is 12.1 Å². The van der Waals surface area contributed by atoms with Gasteiger partial charge < -0.3 is 10.1 Å². The van der Waals surface area contributed by atoms with Crippen LogP contribution in [0.1, 0.15) is 18.1 Å². The summed E-state index contributed by atoms with van der Waals surface area (Å²) in [6.45, 7) is 2.26. The van der Waals surface area contributed by atoms with E-state index in [-0.39, 0.29) is 5.91 Å². The molecule has 2 aromatic carbocycles. The predicted molar refractivity (Wildman–Crippen MR) is 94.0 cm³/mol. The number of carbonyl (C=O) groups excluding carboxylic acids is 1. The third-order valence-electron chi connectivity index (χ3n) is 4.09. The lowest BCUT2D eigenvalue weighted by atomic mass is 10.1. The number of likely N-dealkylation sites (N-methyl/N-ethyl adjacent to an activating group) is 1. The van der Waals surface area contributed by atoms with Gasteiger partial charge in [-0.3, -0.25) is 9.69 Å². The number of nitrogens with zero attached hydrogens (tertiary/aromatic N) is 1. The zero-order valence-electron chi connectivity index (χ0n) is 14.8. The maximum absolute atomic E-state index is 12.6. The molecule has 0 fully saturated rings. The highest BCUT2D eigenvalue weighted by atomic mass is 19.4. The van der Waals surface area contributed by atoms with Crippen molar-refractivity contribution >= 4 is 11.6 Å². The summed E-state index contributed by atoms with van der Waals surface area (Å²) in [6, 6.07) is 11.4. The number of carbonyl (C=O) groups is 1. The first-order valence-electron chi connectivity index (χ1n) is 8.02. The summed E-state index contributed by atoms with van der Waals surface area (Å²) >= 11 is 0. The Morgan fingerprint density at radius 1 is 1.19 bits per heavy atom. The van der Waals surface area contributed by atoms with Crippen molar-refractivity contribution in [1.82, 2.24) is 4.90 Å². The van der Waals surface area contributed by atoms with Gasteiger partial charge in [0.05, 0.1) is 18.7 Å². The van der Waals surface area contributed by atoms with Crippen molar-refractivity contribution in [3.8, 4) is 5.75 Å². The van der Waals surface area contributed by atoms with Crippen molar-refractivity contribution in [1.29, 1.82) is 0 Å². The molecule has 140 valence electrons. The van der Waals surface area contributed by atoms with Crippen molar-refractivity contribution < 1.29 is 22.7 Å². The third-order valence-corrected chi connectivity index (χ3v) is 4.09. The molecule has 0 spiro atoms. The van der Waals surface area contributed by atoms with Crippen LogP contribution in [0.2, 0.25) is 0 Å². The van der Waals surface area contributed by atoms with E-state index in [2.05, 4.69) is 5.32 Å². The lowest BCUT2D eigenvalue weighted by molar-refractivity contribution is -0.137. The van der Waals surface area contributed by atoms with Gasteiger partial charge in [-0.25, -0.2) is 0 Å². The maximum atomic E-state index is 12.6. The van der Waals surface area contributed by atoms with Crippen LogP contribution in [0.15, 0.2) is 48.5 Å². The highest BCUT2D eigenvalue weighted by Gasteiger charge is 2.30. The van der Waals surface area contributed by atoms with Crippen LogP contribution >= 0.6 is 0 Å². The highest BCUT2D eigenvalue weighted by molar-refractivity contribution is 5.94. The molecular formula is C19H21F3N2O2. The molecule has 2 aromatic rings. The van der Waals surface area contributed by atoms with Crippen LogP contribution < -0.4 is 10.1 Å². The Labute approximate surface area is 150 Å². The molecule has 0 heterocycles. The van der Waals surface area contributed by atoms with E-state index in [4.69, 9.17) is 4.74 Å². The Morgan fingerprint density at radius 3 is 2.42 bits per heavy atom. The number of methoxy groups -OCH3 is 1. The predicted octanol–water partition coefficient (Wildman–Crippen LogP) is 4.17. The maximum Gasteiger partial charge on any atom is 0.416 e. The summed E-state index contributed by atoms with van der Waals surface area (Å²) in [5.74, 6) is 0.438. The zero-order chi connectivity index (χ0) is 19.3. The molecule has 7 heteroatoms. The van der Waals surface area contributed by atoms with E-state index >= 15 is 0 Å². The van der Waals surface area contributed by atoms with E-state index < -0.39 is 17.8 Å². The fourth-order valence-electron chi connectivity index (χ4n) is 2.39. The molecule has 0 bridgehead atoms. The number of amides is 1. The van der Waals surface area contributed by atoms with Gasteiger partial charge in [0.15, 0.2) is 0 Å². The van der Waals surface area contributed by atoms with E-state index in [1.54, 1.807) is 21.1 Å². The third kappa shape index (κ3) is 5.23. The second kappa shape index (κ2) is 8.23. The monoisotopic (exact) mass is 366 g/mol. The minimum atomic E-state index is -4.40. The zero-order valence-corrected chi connectivity index (χ0v) is 14.8. The van der Waals surface area contributed by atoms with Gasteiger partial charge in [0.2, 0.25) is 5.91 Å². The Morgan fingerprint density at radius 2 is 1.85 bits per heavy atom. The number of nitrogens with one attached hydrogen (secondary N) is 1. The molecule has 0 aliphatic carbocycles. The summed E-state index contributed by atoms with van der Waals surface area (Å²) in [5.41, 5.74) is 0.560. The normalized spacial score (nSPS) is 12.7. The van der Waals surface area contributed by atoms with Gasteiger partial charge in [0.25, 0.3) is 0 Å². The molecule has 0 aromatic heterocycles. The van der Waals surface area contributed by atoms with E-state index in [0.29, 0.717) is 12.2 Å². The molecule has 0 saturated carbocycles. The van der Waals surface area contributed by atoms with Crippen molar-refractivity contribution in [3.05, 3.63) is 59.7 Å². The molecule has 0 aliphatic rings. The lowest BCUT2D eigenvalue weighted by Crippen LogP contribution is -2.39. The topological polar surface area (TPSA) is 41.6 Å². The van der Waals surface area contributed by atoms with Crippen LogP contribution in [0.5, 0.6) is 5.75 Å². The Balaban J connectivity index is 1.97. The number of alkyl halides is 3. The Bertz CT molecular complexity index is 745. The fourth-order valence-corrected chi connectivity index (χ4v) is 2.39. The quantitative estimate of drug-likeness (QED) is 0.834. The first-order chi connectivity index (χ1) is 12.2. The Hall–Kier alpha value is -2.54. The van der Waals surface area contributed by atoms with Crippen molar-refractivity contribution in [2.45, 2.75) is 25.7 Å². The van der Waals surface area contributed by atoms with Crippen LogP contribution in [-0.2, 0) is 17.5 Å². The van der Waals surface area contributed by atoms with Gasteiger partial charge in [-0.05, 0) is 55.9 Å². The number of hydrogen-bond donors (Lipinski definition) is 1. The smallest absolute Gasteiger partial charge is 0.416 e. The second-order valence-electron chi connectivity index (χ2n) is 6.01. The van der Waals surface area contributed by atoms with Gasteiger partial charge in [-0.15, -0.1) is 0 Å². The highest BCUT2D eigenvalue weighted by Crippen LogP contribution is 2.29. The average Bonchev–Trinajstić information content (AvgIpc) is 2.60. The minimum absolute atomic E-state index is 0.296. The summed E-state index contributed by atoms with van der Waals surface area (Å²) < 4.78 is 42.9. The van der Waals surface area contributed by atoms with Crippen molar-refractivity contribution in [3.63, 3.8) is 0 Å². The number of hydrogen-bond acceptors (Lipinski definition) is 3. The number of halogens is 3. The molecule has 0 radical (unpaired) electrons. The van der Waals surface area contributed by atoms with Gasteiger partial charge in [0.1, 0.15) is 5.75 Å². The number of benzene rings is 2. The largest absolute Gasteiger partial charge is 0.497 e. The molecule has 4 nitrogen and oxygen atoms in total. The molecule has 1 N–H and O–H groups in total. The van der Waals surface area contributed by atoms with Crippen LogP contribution in [0.25, 0.3) is 0 Å². The number of ether oxygens (including phenoxy) is 1. The van der Waals surface area contributed by atoms with E-state index in [9.17, 15) is 18.0 Å². The van der Waals surface area contributed by atoms with Crippen molar-refractivity contribution in [2.24, 2.45) is 0 Å². The average molecular weight is 366 g/mol. The first kappa shape index (κ1) is 19.8. The molecule has 2 rings (SSSR count). The van der Waals surface area contributed by atoms with E-state index in [0.717, 1.165) is 23.4 Å². The lowest BCUT2D eigenvalue weighted by Gasteiger charge is -2.24. The molecular weight excluding hydrogens is 345 g/mol. The van der Waals surface area contributed by atoms with Crippen LogP contribution in [0, 0.1) is 0 Å². The SMILES string of the molecule is COc1cccc(CN(C)C(C)C(=O)Nc2ccc(C(F)(F)F)cc2)c1. The Kier molecular flexibility index (Phi) is 6.26. The number of rotatable bonds is 6. The van der Waals surface area contributed by atoms with Crippen LogP contribution in [0.3, 0.4) is 0 Å². The molecule has 0 aliphatic heterocycles. The summed E-state index contributed by atoms with van der Waals surface area (Å²) in [4.78, 5) is 14.2. The van der Waals surface area contributed by atoms with Crippen molar-refractivity contribution in [2.75, 3.05) is 19.5 Å². The molecule has 26 heavy (non-hydrogen) atoms. The standard InChI is InChI=1S/C19H21F3N2O2/c1-13(24(2)12-14-5-4-6-17(11-14)26-3)18(25)23-16-9-7-15(8-10-16)19(20,21)22/h4-11,13H,12H2,1-3H3,(H,23,25). The van der Waals surface area contributed by atoms with Crippen LogP contribution in [0.4, 0.5) is 18.9 Å². The molecule has 0 saturated heterocycles. The molecule has 1 atom stereocenters. The van der Waals surface area contributed by atoms with Gasteiger partial charge >= 0.3 is 6.18 Å². The van der Waals surface area contributed by atoms with Crippen LogP contribution in [-0.4, -0.2) is 31.0 Å². The minimum Gasteiger partial charge on any atom is -0.497 e. The van der Waals surface area contributed by atoms with E-state index in [1.807, 2.05) is 29.2 Å². The summed E-state index contributed by atoms with van der Waals surface area (Å²) in [7, 11) is 3.39. The first-order valence-corrected chi connectivity index (χ1v) is 8.02. The van der Waals surface area contributed by atoms with E-state index in [1.165, 1.54) is 12.1 Å². The van der Waals surface area contributed by atoms with Gasteiger partial charge in [0, 0.05) is 12.2 Å². The molecule has 1 amide bonds. The van der Waals surface area contributed by atoms with Gasteiger partial charge in [-0.2, -0.15) is 13.2 Å². The second-order valence-corrected chi connectivity index (χ2v) is 6.01.